The van der Waals surface area contributed by atoms with E-state index >= 15 is 4.79 Å². The first-order valence-corrected chi connectivity index (χ1v) is 42.2. The number of nitrogens with one attached hydrogen (secondary N) is 9. The van der Waals surface area contributed by atoms with Crippen molar-refractivity contribution in [2.24, 2.45) is 17.8 Å². The van der Waals surface area contributed by atoms with Gasteiger partial charge >= 0.3 is 12.1 Å². The fourth-order valence-corrected chi connectivity index (χ4v) is 14.9. The first-order chi connectivity index (χ1) is 53.9. The summed E-state index contributed by atoms with van der Waals surface area (Å²) < 4.78 is 17.6. The number of phenols is 1. The molecule has 10 amide bonds. The fourth-order valence-electron chi connectivity index (χ4n) is 12.2. The zero-order valence-corrected chi connectivity index (χ0v) is 68.8. The third-order valence-corrected chi connectivity index (χ3v) is 22.4. The van der Waals surface area contributed by atoms with Crippen LogP contribution in [0, 0.1) is 17.8 Å². The van der Waals surface area contributed by atoms with E-state index < -0.39 is 152 Å². The number of rotatable bonds is 58. The van der Waals surface area contributed by atoms with Crippen molar-refractivity contribution < 1.29 is 113 Å². The average molecular weight is 1660 g/mol. The summed E-state index contributed by atoms with van der Waals surface area (Å²) in [7, 11) is 5.86. The van der Waals surface area contributed by atoms with Crippen LogP contribution in [0.3, 0.4) is 0 Å². The van der Waals surface area contributed by atoms with Gasteiger partial charge in [-0.15, -0.1) is 11.3 Å². The molecule has 113 heavy (non-hydrogen) atoms. The smallest absolute Gasteiger partial charge is 0.426 e. The number of methoxy groups -OCH3 is 1. The van der Waals surface area contributed by atoms with Crippen molar-refractivity contribution >= 4 is 104 Å². The molecule has 0 bridgehead atoms. The lowest BCUT2D eigenvalue weighted by atomic mass is 9.92. The quantitative estimate of drug-likeness (QED) is 0.0148. The third-order valence-electron chi connectivity index (χ3n) is 19.1. The summed E-state index contributed by atoms with van der Waals surface area (Å²) >= 11 is 1.21. The minimum atomic E-state index is -1.61. The van der Waals surface area contributed by atoms with Crippen LogP contribution in [0.2, 0.25) is 0 Å². The summed E-state index contributed by atoms with van der Waals surface area (Å²) in [6.45, 7) is 11.5. The van der Waals surface area contributed by atoms with Gasteiger partial charge in [0.05, 0.1) is 49.7 Å². The Morgan fingerprint density at radius 2 is 1.32 bits per heavy atom. The van der Waals surface area contributed by atoms with E-state index in [1.54, 1.807) is 29.3 Å². The van der Waals surface area contributed by atoms with Crippen LogP contribution < -0.4 is 48.1 Å². The van der Waals surface area contributed by atoms with Crippen LogP contribution in [-0.2, 0) is 68.6 Å². The minimum Gasteiger partial charge on any atom is -0.508 e. The van der Waals surface area contributed by atoms with E-state index in [1.807, 2.05) is 39.6 Å². The van der Waals surface area contributed by atoms with Crippen molar-refractivity contribution in [2.45, 2.75) is 249 Å². The number of amides is 10. The van der Waals surface area contributed by atoms with Crippen molar-refractivity contribution in [3.8, 4) is 5.75 Å². The number of likely N-dealkylation sites (tertiary alicyclic amines) is 1. The van der Waals surface area contributed by atoms with Crippen molar-refractivity contribution in [3.63, 3.8) is 0 Å². The number of aliphatic hydroxyl groups is 6. The maximum absolute atomic E-state index is 15.0. The first kappa shape index (κ1) is 99.8. The molecule has 1 aromatic carbocycles. The van der Waals surface area contributed by atoms with Gasteiger partial charge < -0.3 is 102 Å². The molecule has 0 radical (unpaired) electrons. The Morgan fingerprint density at radius 1 is 0.699 bits per heavy atom. The molecule has 640 valence electrons. The van der Waals surface area contributed by atoms with Crippen molar-refractivity contribution in [1.82, 2.24) is 62.9 Å². The summed E-state index contributed by atoms with van der Waals surface area (Å²) in [5.74, 6) is -7.63. The molecule has 14 atom stereocenters. The van der Waals surface area contributed by atoms with Gasteiger partial charge in [-0.25, -0.2) is 15.2 Å². The summed E-state index contributed by atoms with van der Waals surface area (Å²) in [6.07, 6.45) is -2.12. The molecule has 2 aromatic rings. The number of aldehydes is 1. The van der Waals surface area contributed by atoms with Gasteiger partial charge in [0, 0.05) is 107 Å². The number of carbonyl (C=O) groups is 12. The number of carboxylic acids is 1. The Kier molecular flexibility index (Phi) is 49.5. The number of hydrazine groups is 1. The largest absolute Gasteiger partial charge is 0.508 e. The molecule has 2 heterocycles. The number of aromatic hydroxyl groups is 1. The molecule has 1 fully saturated rings. The van der Waals surface area contributed by atoms with Crippen LogP contribution >= 0.6 is 32.9 Å². The molecule has 0 spiro atoms. The number of hydrogen-bond donors (Lipinski definition) is 17. The monoisotopic (exact) mass is 1660 g/mol. The van der Waals surface area contributed by atoms with Crippen molar-refractivity contribution in [1.29, 1.82) is 0 Å². The van der Waals surface area contributed by atoms with Crippen LogP contribution in [-0.4, -0.2) is 272 Å². The van der Waals surface area contributed by atoms with Crippen LogP contribution in [0.15, 0.2) is 29.6 Å². The fraction of sp³-hybridized carbons (Fsp3) is 0.720. The highest BCUT2D eigenvalue weighted by Gasteiger charge is 2.39. The number of hydrogen-bond acceptors (Lipinski definition) is 27. The Morgan fingerprint density at radius 3 is 1.91 bits per heavy atom. The van der Waals surface area contributed by atoms with E-state index in [1.165, 1.54) is 52.2 Å². The van der Waals surface area contributed by atoms with E-state index in [0.29, 0.717) is 30.7 Å². The van der Waals surface area contributed by atoms with Gasteiger partial charge in [0.2, 0.25) is 47.3 Å². The van der Waals surface area contributed by atoms with Gasteiger partial charge in [0.15, 0.2) is 0 Å². The molecular weight excluding hydrogens is 1530 g/mol. The van der Waals surface area contributed by atoms with E-state index in [-0.39, 0.29) is 156 Å². The second-order valence-electron chi connectivity index (χ2n) is 28.8. The molecule has 35 nitrogen and oxygen atoms in total. The number of unbranched alkanes of at least 4 members (excludes halogenated alkanes) is 2. The van der Waals surface area contributed by atoms with E-state index in [9.17, 15) is 83.4 Å². The number of carboxylic acid groups (broad SMARTS) is 1. The number of nitrogens with zero attached hydrogens (tertiary/aromatic N) is 3. The Balaban J connectivity index is 1.64. The lowest BCUT2D eigenvalue weighted by molar-refractivity contribution is -0.149. The molecule has 3 rings (SSSR count). The maximum Gasteiger partial charge on any atom is 0.426 e. The molecule has 17 N–H and O–H groups in total. The van der Waals surface area contributed by atoms with Crippen LogP contribution in [0.5, 0.6) is 5.75 Å². The second kappa shape index (κ2) is 56.0. The molecule has 38 heteroatoms. The molecule has 0 saturated carbocycles. The first-order valence-electron chi connectivity index (χ1n) is 38.8. The topological polar surface area (TPSA) is 522 Å². The van der Waals surface area contributed by atoms with E-state index in [2.05, 4.69) is 55.0 Å². The van der Waals surface area contributed by atoms with E-state index in [0.717, 1.165) is 44.2 Å². The number of thiazole rings is 1. The number of carbonyl (C=O) groups excluding carboxylic acids is 11. The standard InChI is InChI=1S/C75H124N12O23S3/c1-9-11-14-32-109-45-87(74(106)67(47(5)10-2)83-72(105)60-15-12-13-31-86(60)7)61(46(3)4)40-62(108-8)73-82-59(44-111-73)71(104)79-51(37-49-16-19-52(91)20-17-49)36-48(6)68(101)84-85-75(107)110-33-35-113-112-34-28-65(98)80-57(21-24-64(97)77-30-27-54(93)39-56(95)43-90)70(103)81-58(22-25-66(99)100)69(102)78-50(41-88)18-23-63(96)76-29-26-53(92)38-55(94)42-89/h16-17,19-20,41,44,46-48,50-51,53-58,60-62,67,89-95H,9-15,18,21-40,42-43,45H2,1-8H3,(H,76,96)(H,77,97)(H,78,102)(H,79,104)(H,80,98)(H,81,103)(H,83,105)(H,84,101)(H,85,107)(H,99,100)/t47?,48-,50?,51+,53+,54+,55-,56-,57?,58?,60+,61+,62+,67-/m0/s1. The predicted molar refractivity (Wildman–Crippen MR) is 423 cm³/mol. The van der Waals surface area contributed by atoms with Gasteiger partial charge in [0.1, 0.15) is 60.3 Å². The summed E-state index contributed by atoms with van der Waals surface area (Å²) in [5, 5.41) is 97.6. The second-order valence-corrected chi connectivity index (χ2v) is 32.3. The third kappa shape index (κ3) is 40.2. The van der Waals surface area contributed by atoms with Crippen molar-refractivity contribution in [2.75, 3.05) is 78.5 Å². The van der Waals surface area contributed by atoms with Gasteiger partial charge in [0.25, 0.3) is 5.91 Å². The number of aromatic nitrogens is 1. The number of aliphatic hydroxyl groups excluding tert-OH is 6. The Labute approximate surface area is 673 Å². The number of phenolic OH excluding ortho intramolecular Hbond substituents is 1. The summed E-state index contributed by atoms with van der Waals surface area (Å²) in [6, 6.07) is -0.369. The average Bonchev–Trinajstić information content (AvgIpc) is 1.76. The molecule has 1 aromatic heterocycles. The molecule has 1 aliphatic heterocycles. The number of piperidine rings is 1. The normalized spacial score (nSPS) is 16.5. The van der Waals surface area contributed by atoms with Crippen LogP contribution in [0.4, 0.5) is 4.79 Å². The molecule has 4 unspecified atom stereocenters. The zero-order valence-electron chi connectivity index (χ0n) is 66.3. The van der Waals surface area contributed by atoms with Crippen LogP contribution in [0.1, 0.15) is 197 Å². The summed E-state index contributed by atoms with van der Waals surface area (Å²) in [5.41, 5.74) is 5.37. The predicted octanol–water partition coefficient (Wildman–Crippen LogP) is 2.15. The Bertz CT molecular complexity index is 3220. The van der Waals surface area contributed by atoms with Gasteiger partial charge in [-0.3, -0.25) is 58.3 Å². The molecule has 1 aliphatic rings. The highest BCUT2D eigenvalue weighted by molar-refractivity contribution is 8.76. The highest BCUT2D eigenvalue weighted by Crippen LogP contribution is 2.32. The van der Waals surface area contributed by atoms with Gasteiger partial charge in [-0.2, -0.15) is 0 Å². The Hall–Kier alpha value is -7.37. The van der Waals surface area contributed by atoms with E-state index in [4.69, 9.17) is 29.4 Å². The zero-order chi connectivity index (χ0) is 84.0. The highest BCUT2D eigenvalue weighted by atomic mass is 33.1. The summed E-state index contributed by atoms with van der Waals surface area (Å²) in [4.78, 5) is 168. The maximum atomic E-state index is 15.0. The molecular formula is C75H124N12O23S3. The number of benzene rings is 1. The SMILES string of the molecule is CCCCCOCN(C(=O)[C@@H](NC(=O)[C@H]1CCCCN1C)C(C)CC)[C@H](C[C@@H](OC)c1nc(C(=O)N[C@@H](Cc2ccc(O)cc2)C[C@H](C)C(=O)NNC(=O)OCCSSCCC(=O)NC(CCC(=O)NCC[C@@H](O)C[C@H](O)CO)C(=O)NC(CCC(=O)O)C(=O)NC(C=O)CCC(=O)NCC[C@@H](O)C[C@H](O)CO)cs1)C(C)C. The van der Waals surface area contributed by atoms with Gasteiger partial charge in [-0.1, -0.05) is 101 Å². The molecule has 0 aliphatic carbocycles. The number of ether oxygens (including phenoxy) is 3. The number of aliphatic carboxylic acids is 1. The van der Waals surface area contributed by atoms with Gasteiger partial charge in [-0.05, 0) is 107 Å². The minimum absolute atomic E-state index is 0.00610. The number of likely N-dealkylation sites (N-methyl/N-ethyl adjacent to an activating group) is 1. The van der Waals surface area contributed by atoms with Crippen LogP contribution in [0.25, 0.3) is 0 Å². The molecule has 1 saturated heterocycles. The van der Waals surface area contributed by atoms with Crippen molar-refractivity contribution in [3.05, 3.63) is 45.9 Å². The lowest BCUT2D eigenvalue weighted by Crippen LogP contribution is -2.59. The lowest BCUT2D eigenvalue weighted by Gasteiger charge is -2.40.